The zero-order chi connectivity index (χ0) is 17.8. The van der Waals surface area contributed by atoms with E-state index in [2.05, 4.69) is 39.5 Å². The van der Waals surface area contributed by atoms with E-state index in [1.807, 2.05) is 30.3 Å². The van der Waals surface area contributed by atoms with Crippen LogP contribution < -0.4 is 5.32 Å². The normalized spacial score (nSPS) is 14.2. The SMILES string of the molecule is O=C(NCCCN1CCc2ccccc2C1)c1cccc2cccnc12. The Balaban J connectivity index is 1.29. The van der Waals surface area contributed by atoms with Crippen molar-refractivity contribution in [3.05, 3.63) is 77.5 Å². The van der Waals surface area contributed by atoms with Gasteiger partial charge in [-0.1, -0.05) is 42.5 Å². The highest BCUT2D eigenvalue weighted by Gasteiger charge is 2.15. The van der Waals surface area contributed by atoms with E-state index in [-0.39, 0.29) is 5.91 Å². The summed E-state index contributed by atoms with van der Waals surface area (Å²) in [5, 5.41) is 4.04. The number of fused-ring (bicyclic) bond motifs is 2. The first-order valence-electron chi connectivity index (χ1n) is 9.22. The Morgan fingerprint density at radius 3 is 2.81 bits per heavy atom. The molecule has 0 radical (unpaired) electrons. The van der Waals surface area contributed by atoms with E-state index in [4.69, 9.17) is 0 Å². The highest BCUT2D eigenvalue weighted by atomic mass is 16.1. The molecule has 0 bridgehead atoms. The summed E-state index contributed by atoms with van der Waals surface area (Å²) < 4.78 is 0. The molecule has 1 N–H and O–H groups in total. The van der Waals surface area contributed by atoms with Crippen molar-refractivity contribution in [2.24, 2.45) is 0 Å². The van der Waals surface area contributed by atoms with Crippen LogP contribution in [-0.4, -0.2) is 35.4 Å². The summed E-state index contributed by atoms with van der Waals surface area (Å²) in [6.07, 6.45) is 3.80. The number of aromatic nitrogens is 1. The lowest BCUT2D eigenvalue weighted by Gasteiger charge is -2.28. The van der Waals surface area contributed by atoms with Gasteiger partial charge in [0.1, 0.15) is 0 Å². The molecule has 1 aliphatic heterocycles. The second-order valence-corrected chi connectivity index (χ2v) is 6.79. The summed E-state index contributed by atoms with van der Waals surface area (Å²) in [6.45, 7) is 3.79. The first kappa shape index (κ1) is 16.7. The maximum atomic E-state index is 12.5. The second kappa shape index (κ2) is 7.67. The molecule has 0 aliphatic carbocycles. The number of pyridine rings is 1. The van der Waals surface area contributed by atoms with Gasteiger partial charge in [-0.25, -0.2) is 0 Å². The minimum absolute atomic E-state index is 0.0433. The molecule has 0 atom stereocenters. The number of carbonyl (C=O) groups excluding carboxylic acids is 1. The lowest BCUT2D eigenvalue weighted by molar-refractivity contribution is 0.0952. The summed E-state index contributed by atoms with van der Waals surface area (Å²) in [7, 11) is 0. The van der Waals surface area contributed by atoms with Gasteiger partial charge in [0.15, 0.2) is 0 Å². The standard InChI is InChI=1S/C22H23N3O/c26-22(20-10-3-8-18-9-4-12-23-21(18)20)24-13-5-14-25-15-11-17-6-1-2-7-19(17)16-25/h1-4,6-10,12H,5,11,13-16H2,(H,24,26). The molecule has 2 heterocycles. The van der Waals surface area contributed by atoms with Crippen molar-refractivity contribution in [1.29, 1.82) is 0 Å². The molecule has 26 heavy (non-hydrogen) atoms. The van der Waals surface area contributed by atoms with Crippen molar-refractivity contribution >= 4 is 16.8 Å². The fraction of sp³-hybridized carbons (Fsp3) is 0.273. The number of nitrogens with one attached hydrogen (secondary N) is 1. The Kier molecular flexibility index (Phi) is 4.93. The molecule has 1 amide bonds. The van der Waals surface area contributed by atoms with Crippen molar-refractivity contribution < 1.29 is 4.79 Å². The van der Waals surface area contributed by atoms with Crippen LogP contribution in [0.4, 0.5) is 0 Å². The molecule has 0 unspecified atom stereocenters. The van der Waals surface area contributed by atoms with Gasteiger partial charge in [0.25, 0.3) is 5.91 Å². The molecule has 4 heteroatoms. The summed E-state index contributed by atoms with van der Waals surface area (Å²) in [4.78, 5) is 19.3. The molecule has 4 rings (SSSR count). The number of carbonyl (C=O) groups is 1. The van der Waals surface area contributed by atoms with Gasteiger partial charge in [0.05, 0.1) is 11.1 Å². The average Bonchev–Trinajstić information content (AvgIpc) is 2.70. The molecule has 4 nitrogen and oxygen atoms in total. The molecule has 0 fully saturated rings. The molecule has 1 aliphatic rings. The number of hydrogen-bond acceptors (Lipinski definition) is 3. The summed E-state index contributed by atoms with van der Waals surface area (Å²) in [5.74, 6) is -0.0433. The highest BCUT2D eigenvalue weighted by Crippen LogP contribution is 2.18. The molecule has 0 saturated heterocycles. The van der Waals surface area contributed by atoms with Gasteiger partial charge in [-0.3, -0.25) is 14.7 Å². The first-order chi connectivity index (χ1) is 12.8. The Morgan fingerprint density at radius 1 is 1.04 bits per heavy atom. The fourth-order valence-electron chi connectivity index (χ4n) is 3.63. The number of para-hydroxylation sites is 1. The van der Waals surface area contributed by atoms with Crippen LogP contribution in [0, 0.1) is 0 Å². The zero-order valence-electron chi connectivity index (χ0n) is 14.8. The Bertz CT molecular complexity index is 917. The number of rotatable bonds is 5. The molecule has 1 aromatic heterocycles. The topological polar surface area (TPSA) is 45.2 Å². The fourth-order valence-corrected chi connectivity index (χ4v) is 3.63. The van der Waals surface area contributed by atoms with Gasteiger partial charge in [-0.05, 0) is 36.1 Å². The van der Waals surface area contributed by atoms with E-state index in [1.165, 1.54) is 11.1 Å². The maximum absolute atomic E-state index is 12.5. The van der Waals surface area contributed by atoms with Crippen molar-refractivity contribution in [2.75, 3.05) is 19.6 Å². The third kappa shape index (κ3) is 3.60. The minimum atomic E-state index is -0.0433. The van der Waals surface area contributed by atoms with E-state index in [9.17, 15) is 4.79 Å². The smallest absolute Gasteiger partial charge is 0.253 e. The van der Waals surface area contributed by atoms with Gasteiger partial charge in [-0.2, -0.15) is 0 Å². The molecule has 132 valence electrons. The molecule has 0 saturated carbocycles. The Labute approximate surface area is 153 Å². The monoisotopic (exact) mass is 345 g/mol. The number of amides is 1. The first-order valence-corrected chi connectivity index (χ1v) is 9.22. The Morgan fingerprint density at radius 2 is 1.88 bits per heavy atom. The van der Waals surface area contributed by atoms with Crippen molar-refractivity contribution in [3.63, 3.8) is 0 Å². The average molecular weight is 345 g/mol. The van der Waals surface area contributed by atoms with Crippen LogP contribution in [0.2, 0.25) is 0 Å². The molecule has 3 aromatic rings. The van der Waals surface area contributed by atoms with E-state index in [0.717, 1.165) is 43.4 Å². The lowest BCUT2D eigenvalue weighted by Crippen LogP contribution is -2.33. The van der Waals surface area contributed by atoms with Crippen LogP contribution >= 0.6 is 0 Å². The van der Waals surface area contributed by atoms with Crippen LogP contribution in [-0.2, 0) is 13.0 Å². The maximum Gasteiger partial charge on any atom is 0.253 e. The summed E-state index contributed by atoms with van der Waals surface area (Å²) in [6, 6.07) is 18.3. The van der Waals surface area contributed by atoms with Crippen LogP contribution in [0.15, 0.2) is 60.8 Å². The van der Waals surface area contributed by atoms with Crippen molar-refractivity contribution in [3.8, 4) is 0 Å². The van der Waals surface area contributed by atoms with E-state index in [1.54, 1.807) is 6.20 Å². The molecular weight excluding hydrogens is 322 g/mol. The van der Waals surface area contributed by atoms with Crippen LogP contribution in [0.3, 0.4) is 0 Å². The van der Waals surface area contributed by atoms with Crippen LogP contribution in [0.1, 0.15) is 27.9 Å². The third-order valence-electron chi connectivity index (χ3n) is 5.02. The number of benzene rings is 2. The van der Waals surface area contributed by atoms with Gasteiger partial charge in [0.2, 0.25) is 0 Å². The third-order valence-corrected chi connectivity index (χ3v) is 5.02. The summed E-state index contributed by atoms with van der Waals surface area (Å²) >= 11 is 0. The minimum Gasteiger partial charge on any atom is -0.352 e. The van der Waals surface area contributed by atoms with E-state index in [0.29, 0.717) is 12.1 Å². The van der Waals surface area contributed by atoms with Crippen LogP contribution in [0.25, 0.3) is 10.9 Å². The highest BCUT2D eigenvalue weighted by molar-refractivity contribution is 6.05. The molecular formula is C22H23N3O. The zero-order valence-corrected chi connectivity index (χ0v) is 14.8. The molecule has 0 spiro atoms. The predicted octanol–water partition coefficient (Wildman–Crippen LogP) is 3.41. The van der Waals surface area contributed by atoms with Gasteiger partial charge < -0.3 is 5.32 Å². The van der Waals surface area contributed by atoms with Crippen molar-refractivity contribution in [1.82, 2.24) is 15.2 Å². The van der Waals surface area contributed by atoms with Gasteiger partial charge in [-0.15, -0.1) is 0 Å². The Hall–Kier alpha value is -2.72. The summed E-state index contributed by atoms with van der Waals surface area (Å²) in [5.41, 5.74) is 4.32. The van der Waals surface area contributed by atoms with E-state index < -0.39 is 0 Å². The van der Waals surface area contributed by atoms with Crippen molar-refractivity contribution in [2.45, 2.75) is 19.4 Å². The predicted molar refractivity (Wildman–Crippen MR) is 104 cm³/mol. The van der Waals surface area contributed by atoms with Gasteiger partial charge >= 0.3 is 0 Å². The number of nitrogens with zero attached hydrogens (tertiary/aromatic N) is 2. The van der Waals surface area contributed by atoms with E-state index >= 15 is 0 Å². The van der Waals surface area contributed by atoms with Crippen LogP contribution in [0.5, 0.6) is 0 Å². The molecule has 2 aromatic carbocycles. The van der Waals surface area contributed by atoms with Gasteiger partial charge in [0, 0.05) is 37.8 Å². The number of hydrogen-bond donors (Lipinski definition) is 1. The lowest BCUT2D eigenvalue weighted by atomic mass is 10.00. The largest absolute Gasteiger partial charge is 0.352 e. The quantitative estimate of drug-likeness (QED) is 0.721. The second-order valence-electron chi connectivity index (χ2n) is 6.79.